The van der Waals surface area contributed by atoms with Crippen LogP contribution in [0.4, 0.5) is 0 Å². The maximum Gasteiger partial charge on any atom is 2.00 e. The van der Waals surface area contributed by atoms with Crippen LogP contribution in [0.2, 0.25) is 0 Å². The summed E-state index contributed by atoms with van der Waals surface area (Å²) < 4.78 is 4.48. The van der Waals surface area contributed by atoms with Gasteiger partial charge in [0.25, 0.3) is 0 Å². The minimum atomic E-state index is -0.502. The summed E-state index contributed by atoms with van der Waals surface area (Å²) in [6.45, 7) is 11.0. The Bertz CT molecular complexity index is 157. The Labute approximate surface area is 99.1 Å². The minimum Gasteiger partial charge on any atom is -0.522 e. The summed E-state index contributed by atoms with van der Waals surface area (Å²) in [7, 11) is 0. The average molecular weight is 234 g/mol. The molecule has 0 heterocycles. The Balaban J connectivity index is -0.0000000883. The molecule has 0 radical (unpaired) electrons. The van der Waals surface area contributed by atoms with E-state index < -0.39 is 5.97 Å². The molecule has 0 bridgehead atoms. The van der Waals surface area contributed by atoms with Crippen LogP contribution in [0.5, 0.6) is 0 Å². The van der Waals surface area contributed by atoms with Crippen LogP contribution < -0.4 is 0 Å². The van der Waals surface area contributed by atoms with E-state index in [0.29, 0.717) is 6.61 Å². The maximum absolute atomic E-state index is 10.4. The predicted octanol–water partition coefficient (Wildman–Crippen LogP) is 1.29. The van der Waals surface area contributed by atoms with Crippen molar-refractivity contribution in [2.45, 2.75) is 13.8 Å². The van der Waals surface area contributed by atoms with Gasteiger partial charge in [-0.25, -0.2) is 4.79 Å². The van der Waals surface area contributed by atoms with E-state index in [1.165, 1.54) is 6.92 Å². The van der Waals surface area contributed by atoms with Crippen LogP contribution in [0.1, 0.15) is 13.8 Å². The normalized spacial score (nSPS) is 7.71. The number of allylic oxidation sites excluding steroid dienone is 1. The van der Waals surface area contributed by atoms with Gasteiger partial charge in [0.15, 0.2) is 0 Å². The number of aliphatic hydroxyl groups is 1. The van der Waals surface area contributed by atoms with Crippen molar-refractivity contribution < 1.29 is 36.4 Å². The second kappa shape index (κ2) is 22.7. The van der Waals surface area contributed by atoms with Crippen molar-refractivity contribution in [3.63, 3.8) is 0 Å². The first kappa shape index (κ1) is 23.1. The largest absolute Gasteiger partial charge is 2.00 e. The van der Waals surface area contributed by atoms with E-state index >= 15 is 0 Å². The monoisotopic (exact) mass is 234 g/mol. The molecule has 5 nitrogen and oxygen atoms in total. The molecule has 0 aromatic carbocycles. The molecule has 0 aliphatic heterocycles. The Hall–Kier alpha value is -0.936. The first-order valence-corrected chi connectivity index (χ1v) is 3.28. The first-order chi connectivity index (χ1) is 6.16. The van der Waals surface area contributed by atoms with Gasteiger partial charge in [-0.3, -0.25) is 0 Å². The molecule has 0 saturated heterocycles. The number of rotatable bonds is 2. The maximum atomic E-state index is 10.4. The zero-order valence-corrected chi connectivity index (χ0v) is 9.76. The number of nitrogens with one attached hydrogen (secondary N) is 2. The molecule has 0 spiro atoms. The number of hydrogen-bond donors (Lipinski definition) is 3. The fourth-order valence-electron chi connectivity index (χ4n) is 0.354. The smallest absolute Gasteiger partial charge is 0.522 e. The molecule has 0 aromatic heterocycles. The summed E-state index contributed by atoms with van der Waals surface area (Å²) in [4.78, 5) is 10.4. The first-order valence-electron chi connectivity index (χ1n) is 3.28. The second-order valence-electron chi connectivity index (χ2n) is 1.54. The van der Waals surface area contributed by atoms with Gasteiger partial charge in [-0.2, -0.15) is 0 Å². The molecule has 0 aliphatic carbocycles. The zero-order chi connectivity index (χ0) is 11.3. The molecule has 78 valence electrons. The fourth-order valence-corrected chi connectivity index (χ4v) is 0.354. The van der Waals surface area contributed by atoms with Crippen molar-refractivity contribution >= 4 is 19.4 Å². The molecule has 0 unspecified atom stereocenters. The summed E-state index contributed by atoms with van der Waals surface area (Å²) in [5.74, 6) is -0.536. The number of aliphatic hydroxyl groups excluding tert-OH is 1. The Kier molecular flexibility index (Phi) is 37.5. The van der Waals surface area contributed by atoms with Crippen LogP contribution in [0, 0.1) is 10.8 Å². The summed E-state index contributed by atoms with van der Waals surface area (Å²) in [5, 5.41) is 19.0. The second-order valence-corrected chi connectivity index (χ2v) is 1.54. The molecule has 0 atom stereocenters. The summed E-state index contributed by atoms with van der Waals surface area (Å²) in [6.07, 6.45) is 1.03. The molecule has 6 heteroatoms. The van der Waals surface area contributed by atoms with Crippen molar-refractivity contribution in [2.75, 3.05) is 6.61 Å². The van der Waals surface area contributed by atoms with Crippen molar-refractivity contribution in [1.82, 2.24) is 0 Å². The van der Waals surface area contributed by atoms with E-state index in [1.807, 2.05) is 0 Å². The molecule has 0 amide bonds. The number of carbonyl (C=O) groups is 1. The molecule has 3 N–H and O–H groups in total. The Morgan fingerprint density at radius 2 is 1.79 bits per heavy atom. The van der Waals surface area contributed by atoms with Gasteiger partial charge in [-0.15, -0.1) is 0 Å². The molecular weight excluding hydrogens is 220 g/mol. The van der Waals surface area contributed by atoms with Crippen molar-refractivity contribution in [1.29, 1.82) is 10.8 Å². The van der Waals surface area contributed by atoms with Gasteiger partial charge >= 0.3 is 27.7 Å². The third-order valence-corrected chi connectivity index (χ3v) is 0.613. The average Bonchev–Trinajstić information content (AvgIpc) is 2.10. The topological polar surface area (TPSA) is 94.2 Å². The molecule has 0 rings (SSSR count). The van der Waals surface area contributed by atoms with Crippen LogP contribution in [0.15, 0.2) is 11.8 Å². The standard InChI is InChI=1S/C6H10O3.2CH2N.Ti/c1-3-9-6(8)4-5(2)7;2*1-2;/h4,7H,3H2,1-2H3;2*1-2H;/q;2*-1;+2/b5-4-;;;. The van der Waals surface area contributed by atoms with Crippen LogP contribution in [0.3, 0.4) is 0 Å². The Morgan fingerprint density at radius 3 is 2.00 bits per heavy atom. The molecule has 14 heavy (non-hydrogen) atoms. The summed E-state index contributed by atoms with van der Waals surface area (Å²) in [6, 6.07) is 0. The van der Waals surface area contributed by atoms with E-state index in [-0.39, 0.29) is 27.5 Å². The SMILES string of the molecule is CCOC(=O)/C=C(/C)O.[CH-]=N.[CH-]=N.[Ti+2]. The quantitative estimate of drug-likeness (QED) is 0.168. The molecule has 0 saturated carbocycles. The number of esters is 1. The predicted molar refractivity (Wildman–Crippen MR) is 50.6 cm³/mol. The molecular formula is C8H14N2O3Ti. The Morgan fingerprint density at radius 1 is 1.43 bits per heavy atom. The molecule has 0 fully saturated rings. The van der Waals surface area contributed by atoms with Gasteiger partial charge in [0.1, 0.15) is 0 Å². The van der Waals surface area contributed by atoms with Crippen LogP contribution in [0.25, 0.3) is 0 Å². The van der Waals surface area contributed by atoms with Crippen LogP contribution in [-0.4, -0.2) is 31.1 Å². The van der Waals surface area contributed by atoms with Crippen molar-refractivity contribution in [3.05, 3.63) is 11.8 Å². The van der Waals surface area contributed by atoms with Gasteiger partial charge in [0, 0.05) is 0 Å². The third-order valence-electron chi connectivity index (χ3n) is 0.613. The number of hydrogen-bond acceptors (Lipinski definition) is 5. The van der Waals surface area contributed by atoms with Crippen LogP contribution in [-0.2, 0) is 31.2 Å². The van der Waals surface area contributed by atoms with Gasteiger partial charge in [-0.05, 0) is 13.8 Å². The van der Waals surface area contributed by atoms with Gasteiger partial charge in [-0.1, -0.05) is 0 Å². The van der Waals surface area contributed by atoms with Gasteiger partial charge in [0.2, 0.25) is 0 Å². The van der Waals surface area contributed by atoms with E-state index in [0.717, 1.165) is 6.08 Å². The van der Waals surface area contributed by atoms with E-state index in [2.05, 4.69) is 18.2 Å². The summed E-state index contributed by atoms with van der Waals surface area (Å²) >= 11 is 0. The fraction of sp³-hybridized carbons (Fsp3) is 0.375. The minimum absolute atomic E-state index is 0. The van der Waals surface area contributed by atoms with Crippen molar-refractivity contribution in [2.24, 2.45) is 0 Å². The van der Waals surface area contributed by atoms with Gasteiger partial charge < -0.3 is 34.1 Å². The zero-order valence-electron chi connectivity index (χ0n) is 8.20. The number of ether oxygens (including phenoxy) is 1. The summed E-state index contributed by atoms with van der Waals surface area (Å²) in [5.41, 5.74) is 0. The molecule has 0 aromatic rings. The number of carbonyl (C=O) groups excluding carboxylic acids is 1. The van der Waals surface area contributed by atoms with E-state index in [4.69, 9.17) is 15.9 Å². The van der Waals surface area contributed by atoms with Crippen molar-refractivity contribution in [3.8, 4) is 0 Å². The molecule has 0 aliphatic rings. The third kappa shape index (κ3) is 30.5. The van der Waals surface area contributed by atoms with Crippen LogP contribution >= 0.6 is 0 Å². The van der Waals surface area contributed by atoms with Gasteiger partial charge in [0.05, 0.1) is 18.4 Å². The van der Waals surface area contributed by atoms with E-state index in [9.17, 15) is 4.79 Å². The van der Waals surface area contributed by atoms with E-state index in [1.54, 1.807) is 6.92 Å².